The summed E-state index contributed by atoms with van der Waals surface area (Å²) >= 11 is 0. The van der Waals surface area contributed by atoms with Crippen molar-refractivity contribution in [2.45, 2.75) is 13.5 Å². The van der Waals surface area contributed by atoms with E-state index in [4.69, 9.17) is 9.15 Å². The largest absolute Gasteiger partial charge is 0.486 e. The summed E-state index contributed by atoms with van der Waals surface area (Å²) in [6, 6.07) is 14.7. The van der Waals surface area contributed by atoms with Crippen molar-refractivity contribution in [1.29, 1.82) is 0 Å². The van der Waals surface area contributed by atoms with Gasteiger partial charge in [0.1, 0.15) is 12.4 Å². The van der Waals surface area contributed by atoms with Crippen LogP contribution in [0.2, 0.25) is 0 Å². The highest BCUT2D eigenvalue weighted by atomic mass is 16.5. The lowest BCUT2D eigenvalue weighted by molar-refractivity contribution is 0.102. The predicted molar refractivity (Wildman–Crippen MR) is 102 cm³/mol. The van der Waals surface area contributed by atoms with Crippen molar-refractivity contribution in [1.82, 2.24) is 9.97 Å². The molecule has 0 aliphatic rings. The average molecular weight is 359 g/mol. The number of fused-ring (bicyclic) bond motifs is 1. The van der Waals surface area contributed by atoms with Gasteiger partial charge in [-0.25, -0.2) is 0 Å². The molecule has 0 unspecified atom stereocenters. The number of nitrogens with one attached hydrogen (secondary N) is 1. The monoisotopic (exact) mass is 359 g/mol. The van der Waals surface area contributed by atoms with Crippen molar-refractivity contribution < 1.29 is 13.9 Å². The van der Waals surface area contributed by atoms with E-state index in [1.807, 2.05) is 37.3 Å². The van der Waals surface area contributed by atoms with Crippen molar-refractivity contribution in [2.24, 2.45) is 0 Å². The molecule has 6 nitrogen and oxygen atoms in total. The van der Waals surface area contributed by atoms with Crippen molar-refractivity contribution in [3.8, 4) is 5.75 Å². The normalized spacial score (nSPS) is 10.7. The van der Waals surface area contributed by atoms with Gasteiger partial charge >= 0.3 is 0 Å². The van der Waals surface area contributed by atoms with Crippen LogP contribution in [-0.4, -0.2) is 15.9 Å². The van der Waals surface area contributed by atoms with Gasteiger partial charge in [-0.3, -0.25) is 14.8 Å². The number of furan rings is 1. The second-order valence-corrected chi connectivity index (χ2v) is 6.07. The lowest BCUT2D eigenvalue weighted by Crippen LogP contribution is -2.13. The van der Waals surface area contributed by atoms with Crippen LogP contribution < -0.4 is 10.1 Å². The number of amides is 1. The van der Waals surface area contributed by atoms with Gasteiger partial charge < -0.3 is 14.5 Å². The molecule has 0 saturated heterocycles. The van der Waals surface area contributed by atoms with Gasteiger partial charge in [0.05, 0.1) is 22.9 Å². The Balaban J connectivity index is 1.47. The minimum absolute atomic E-state index is 0.169. The van der Waals surface area contributed by atoms with E-state index in [1.54, 1.807) is 30.6 Å². The van der Waals surface area contributed by atoms with E-state index in [1.165, 1.54) is 6.26 Å². The van der Waals surface area contributed by atoms with Crippen molar-refractivity contribution in [2.75, 3.05) is 5.32 Å². The number of aryl methyl sites for hydroxylation is 1. The van der Waals surface area contributed by atoms with Crippen LogP contribution in [0, 0.1) is 6.92 Å². The van der Waals surface area contributed by atoms with E-state index in [0.29, 0.717) is 22.5 Å². The standard InChI is InChI=1S/C21H17N3O3/c1-14-2-5-16(6-3-14)27-13-20-17(8-11-26-20)21(25)24-15-4-7-18-19(12-15)23-10-9-22-18/h2-12H,13H2,1H3,(H,24,25). The number of benzene rings is 2. The van der Waals surface area contributed by atoms with Crippen LogP contribution in [0.15, 0.2) is 71.6 Å². The Morgan fingerprint density at radius 2 is 1.81 bits per heavy atom. The molecule has 0 atom stereocenters. The molecule has 1 amide bonds. The molecule has 134 valence electrons. The molecule has 0 aliphatic carbocycles. The van der Waals surface area contributed by atoms with Crippen LogP contribution in [-0.2, 0) is 6.61 Å². The highest BCUT2D eigenvalue weighted by molar-refractivity contribution is 6.05. The fraction of sp³-hybridized carbons (Fsp3) is 0.0952. The van der Waals surface area contributed by atoms with Gasteiger partial charge in [0.25, 0.3) is 5.91 Å². The number of ether oxygens (including phenoxy) is 1. The molecule has 6 heteroatoms. The molecule has 2 aromatic heterocycles. The van der Waals surface area contributed by atoms with Crippen LogP contribution in [0.3, 0.4) is 0 Å². The lowest BCUT2D eigenvalue weighted by Gasteiger charge is -2.08. The maximum absolute atomic E-state index is 12.6. The first-order chi connectivity index (χ1) is 13.2. The predicted octanol–water partition coefficient (Wildman–Crippen LogP) is 4.36. The van der Waals surface area contributed by atoms with E-state index >= 15 is 0 Å². The SMILES string of the molecule is Cc1ccc(OCc2occc2C(=O)Nc2ccc3nccnc3c2)cc1. The summed E-state index contributed by atoms with van der Waals surface area (Å²) < 4.78 is 11.1. The number of carbonyl (C=O) groups excluding carboxylic acids is 1. The van der Waals surface area contributed by atoms with E-state index in [-0.39, 0.29) is 12.5 Å². The smallest absolute Gasteiger partial charge is 0.259 e. The molecule has 0 spiro atoms. The summed E-state index contributed by atoms with van der Waals surface area (Å²) in [5.41, 5.74) is 3.71. The Morgan fingerprint density at radius 3 is 2.63 bits per heavy atom. The van der Waals surface area contributed by atoms with Crippen molar-refractivity contribution >= 4 is 22.6 Å². The zero-order valence-electron chi connectivity index (χ0n) is 14.7. The Hall–Kier alpha value is -3.67. The molecule has 0 radical (unpaired) electrons. The van der Waals surface area contributed by atoms with E-state index in [0.717, 1.165) is 16.8 Å². The third-order valence-electron chi connectivity index (χ3n) is 4.11. The summed E-state index contributed by atoms with van der Waals surface area (Å²) in [5.74, 6) is 0.916. The molecule has 0 bridgehead atoms. The molecule has 4 rings (SSSR count). The maximum atomic E-state index is 12.6. The highest BCUT2D eigenvalue weighted by Crippen LogP contribution is 2.20. The first-order valence-electron chi connectivity index (χ1n) is 8.47. The van der Waals surface area contributed by atoms with Gasteiger partial charge in [-0.1, -0.05) is 17.7 Å². The van der Waals surface area contributed by atoms with Gasteiger partial charge in [0.2, 0.25) is 0 Å². The molecule has 0 aliphatic heterocycles. The molecule has 2 heterocycles. The van der Waals surface area contributed by atoms with Crippen LogP contribution in [0.1, 0.15) is 21.7 Å². The maximum Gasteiger partial charge on any atom is 0.259 e. The summed E-state index contributed by atoms with van der Waals surface area (Å²) in [7, 11) is 0. The first kappa shape index (κ1) is 16.8. The van der Waals surface area contributed by atoms with Gasteiger partial charge in [0, 0.05) is 18.1 Å². The summed E-state index contributed by atoms with van der Waals surface area (Å²) in [6.07, 6.45) is 4.73. The zero-order chi connectivity index (χ0) is 18.6. The average Bonchev–Trinajstić information content (AvgIpc) is 3.16. The Bertz CT molecular complexity index is 1090. The second-order valence-electron chi connectivity index (χ2n) is 6.07. The topological polar surface area (TPSA) is 77.2 Å². The molecule has 4 aromatic rings. The first-order valence-corrected chi connectivity index (χ1v) is 8.47. The Labute approximate surface area is 155 Å². The van der Waals surface area contributed by atoms with E-state index in [2.05, 4.69) is 15.3 Å². The number of hydrogen-bond donors (Lipinski definition) is 1. The van der Waals surface area contributed by atoms with E-state index < -0.39 is 0 Å². The van der Waals surface area contributed by atoms with Gasteiger partial charge in [-0.2, -0.15) is 0 Å². The fourth-order valence-electron chi connectivity index (χ4n) is 2.68. The molecule has 1 N–H and O–H groups in total. The Morgan fingerprint density at radius 1 is 1.04 bits per heavy atom. The number of rotatable bonds is 5. The van der Waals surface area contributed by atoms with Crippen LogP contribution >= 0.6 is 0 Å². The lowest BCUT2D eigenvalue weighted by atomic mass is 10.2. The number of nitrogens with zero attached hydrogens (tertiary/aromatic N) is 2. The third kappa shape index (κ3) is 3.79. The third-order valence-corrected chi connectivity index (χ3v) is 4.11. The molecule has 27 heavy (non-hydrogen) atoms. The molecule has 0 fully saturated rings. The van der Waals surface area contributed by atoms with Gasteiger partial charge in [-0.05, 0) is 43.3 Å². The molecular formula is C21H17N3O3. The number of aromatic nitrogens is 2. The van der Waals surface area contributed by atoms with Gasteiger partial charge in [-0.15, -0.1) is 0 Å². The molecular weight excluding hydrogens is 342 g/mol. The van der Waals surface area contributed by atoms with E-state index in [9.17, 15) is 4.79 Å². The summed E-state index contributed by atoms with van der Waals surface area (Å²) in [6.45, 7) is 2.18. The molecule has 0 saturated carbocycles. The molecule has 2 aromatic carbocycles. The van der Waals surface area contributed by atoms with Crippen LogP contribution in [0.25, 0.3) is 11.0 Å². The van der Waals surface area contributed by atoms with Crippen LogP contribution in [0.4, 0.5) is 5.69 Å². The number of anilines is 1. The minimum Gasteiger partial charge on any atom is -0.486 e. The quantitative estimate of drug-likeness (QED) is 0.573. The zero-order valence-corrected chi connectivity index (χ0v) is 14.7. The number of hydrogen-bond acceptors (Lipinski definition) is 5. The fourth-order valence-corrected chi connectivity index (χ4v) is 2.68. The minimum atomic E-state index is -0.269. The highest BCUT2D eigenvalue weighted by Gasteiger charge is 2.16. The van der Waals surface area contributed by atoms with Crippen LogP contribution in [0.5, 0.6) is 5.75 Å². The Kier molecular flexibility index (Phi) is 4.53. The number of carbonyl (C=O) groups is 1. The summed E-state index contributed by atoms with van der Waals surface area (Å²) in [5, 5.41) is 2.86. The van der Waals surface area contributed by atoms with Gasteiger partial charge in [0.15, 0.2) is 5.76 Å². The second kappa shape index (κ2) is 7.29. The van der Waals surface area contributed by atoms with Crippen molar-refractivity contribution in [3.05, 3.63) is 84.1 Å². The summed E-state index contributed by atoms with van der Waals surface area (Å²) in [4.78, 5) is 21.1. The van der Waals surface area contributed by atoms with Crippen molar-refractivity contribution in [3.63, 3.8) is 0 Å².